The molecule has 1 heterocycles. The smallest absolute Gasteiger partial charge is 0.276 e. The topological polar surface area (TPSA) is 94.3 Å². The second kappa shape index (κ2) is 11.9. The van der Waals surface area contributed by atoms with Crippen LogP contribution < -0.4 is 9.47 Å². The lowest BCUT2D eigenvalue weighted by atomic mass is 9.77. The maximum Gasteiger partial charge on any atom is 0.276 e. The Hall–Kier alpha value is -4.17. The van der Waals surface area contributed by atoms with E-state index in [1.807, 2.05) is 62.4 Å². The number of allylic oxidation sites excluding steroid dienone is 1. The lowest BCUT2D eigenvalue weighted by molar-refractivity contribution is -0.384. The number of amides is 1. The molecule has 1 aliphatic carbocycles. The highest BCUT2D eigenvalue weighted by molar-refractivity contribution is 6.34. The van der Waals surface area contributed by atoms with Gasteiger partial charge in [-0.25, -0.2) is 5.01 Å². The van der Waals surface area contributed by atoms with E-state index in [-0.39, 0.29) is 22.2 Å². The van der Waals surface area contributed by atoms with Gasteiger partial charge in [0.05, 0.1) is 40.5 Å². The molecule has 1 aliphatic heterocycles. The molecule has 2 aliphatic rings. The molecule has 206 valence electrons. The molecule has 0 spiro atoms. The highest BCUT2D eigenvalue weighted by Gasteiger charge is 2.44. The second-order valence-corrected chi connectivity index (χ2v) is 10.1. The minimum absolute atomic E-state index is 0.0398. The highest BCUT2D eigenvalue weighted by Crippen LogP contribution is 2.45. The summed E-state index contributed by atoms with van der Waals surface area (Å²) in [6.45, 7) is 5.03. The van der Waals surface area contributed by atoms with E-state index in [0.717, 1.165) is 53.2 Å². The van der Waals surface area contributed by atoms with Crippen LogP contribution in [0.3, 0.4) is 0 Å². The summed E-state index contributed by atoms with van der Waals surface area (Å²) in [6, 6.07) is 19.1. The number of ether oxygens (including phenoxy) is 2. The minimum atomic E-state index is -0.537. The van der Waals surface area contributed by atoms with Gasteiger partial charge in [0.2, 0.25) is 0 Å². The van der Waals surface area contributed by atoms with Crippen molar-refractivity contribution in [3.63, 3.8) is 0 Å². The Bertz CT molecular complexity index is 1470. The van der Waals surface area contributed by atoms with Crippen LogP contribution in [-0.4, -0.2) is 34.8 Å². The van der Waals surface area contributed by atoms with Crippen molar-refractivity contribution >= 4 is 35.0 Å². The standard InChI is InChI=1S/C31H30ClN3O5/c1-3-39-24-13-8-20(9-14-24)18-22-6-5-7-26-29(22)33-34(30(26)21-10-15-25(16-11-21)40-4-2)31(36)27-19-23(35(37)38)12-17-28(27)32/h8-19,26,30H,3-7H2,1-2H3/b22-18+. The molecular formula is C31H30ClN3O5. The summed E-state index contributed by atoms with van der Waals surface area (Å²) in [5.74, 6) is 1.03. The first-order chi connectivity index (χ1) is 19.4. The number of nitro groups is 1. The average molecular weight is 560 g/mol. The molecule has 3 aromatic carbocycles. The summed E-state index contributed by atoms with van der Waals surface area (Å²) in [7, 11) is 0. The molecule has 0 aromatic heterocycles. The largest absolute Gasteiger partial charge is 0.494 e. The van der Waals surface area contributed by atoms with Gasteiger partial charge in [-0.1, -0.05) is 35.9 Å². The van der Waals surface area contributed by atoms with E-state index in [2.05, 4.69) is 6.08 Å². The van der Waals surface area contributed by atoms with E-state index < -0.39 is 16.9 Å². The molecule has 40 heavy (non-hydrogen) atoms. The molecule has 3 aromatic rings. The van der Waals surface area contributed by atoms with Crippen molar-refractivity contribution in [1.82, 2.24) is 5.01 Å². The van der Waals surface area contributed by atoms with E-state index in [9.17, 15) is 14.9 Å². The van der Waals surface area contributed by atoms with Crippen molar-refractivity contribution in [3.8, 4) is 11.5 Å². The van der Waals surface area contributed by atoms with Gasteiger partial charge in [-0.15, -0.1) is 0 Å². The van der Waals surface area contributed by atoms with Crippen LogP contribution in [0.1, 0.15) is 60.6 Å². The quantitative estimate of drug-likeness (QED) is 0.210. The molecule has 9 heteroatoms. The summed E-state index contributed by atoms with van der Waals surface area (Å²) < 4.78 is 11.2. The van der Waals surface area contributed by atoms with E-state index in [4.69, 9.17) is 26.2 Å². The first kappa shape index (κ1) is 27.4. The van der Waals surface area contributed by atoms with Crippen molar-refractivity contribution in [2.75, 3.05) is 13.2 Å². The average Bonchev–Trinajstić information content (AvgIpc) is 3.35. The van der Waals surface area contributed by atoms with Gasteiger partial charge in [0.25, 0.3) is 11.6 Å². The summed E-state index contributed by atoms with van der Waals surface area (Å²) in [5.41, 5.74) is 3.69. The van der Waals surface area contributed by atoms with Crippen LogP contribution in [0.2, 0.25) is 5.02 Å². The zero-order valence-electron chi connectivity index (χ0n) is 22.4. The molecule has 5 rings (SSSR count). The Labute approximate surface area is 238 Å². The maximum atomic E-state index is 14.0. The maximum absolute atomic E-state index is 14.0. The van der Waals surface area contributed by atoms with Crippen molar-refractivity contribution < 1.29 is 19.2 Å². The number of halogens is 1. The number of nitro benzene ring substituents is 1. The number of hydrogen-bond donors (Lipinski definition) is 0. The third-order valence-corrected chi connectivity index (χ3v) is 7.50. The number of non-ortho nitro benzene ring substituents is 1. The van der Waals surface area contributed by atoms with Gasteiger partial charge in [0.1, 0.15) is 11.5 Å². The van der Waals surface area contributed by atoms with Crippen molar-refractivity contribution in [2.24, 2.45) is 11.0 Å². The predicted octanol–water partition coefficient (Wildman–Crippen LogP) is 7.48. The van der Waals surface area contributed by atoms with Gasteiger partial charge in [-0.3, -0.25) is 14.9 Å². The molecule has 8 nitrogen and oxygen atoms in total. The second-order valence-electron chi connectivity index (χ2n) is 9.67. The summed E-state index contributed by atoms with van der Waals surface area (Å²) in [5, 5.41) is 17.9. The SMILES string of the molecule is CCOc1ccc(/C=C2\CCCC3C2=NN(C(=O)c2cc([N+](=O)[O-])ccc2Cl)C3c2ccc(OCC)cc2)cc1. The third kappa shape index (κ3) is 5.58. The van der Waals surface area contributed by atoms with Gasteiger partial charge in [0, 0.05) is 18.1 Å². The summed E-state index contributed by atoms with van der Waals surface area (Å²) in [4.78, 5) is 24.9. The summed E-state index contributed by atoms with van der Waals surface area (Å²) >= 11 is 6.39. The molecular weight excluding hydrogens is 530 g/mol. The van der Waals surface area contributed by atoms with Crippen LogP contribution in [0, 0.1) is 16.0 Å². The lowest BCUT2D eigenvalue weighted by Crippen LogP contribution is -2.32. The van der Waals surface area contributed by atoms with Crippen LogP contribution >= 0.6 is 11.6 Å². The van der Waals surface area contributed by atoms with Crippen molar-refractivity contribution in [1.29, 1.82) is 0 Å². The Kier molecular flexibility index (Phi) is 8.16. The van der Waals surface area contributed by atoms with E-state index >= 15 is 0 Å². The lowest BCUT2D eigenvalue weighted by Gasteiger charge is -2.30. The van der Waals surface area contributed by atoms with Gasteiger partial charge >= 0.3 is 0 Å². The van der Waals surface area contributed by atoms with Crippen LogP contribution in [0.15, 0.2) is 77.4 Å². The first-order valence-corrected chi connectivity index (χ1v) is 13.8. The fourth-order valence-electron chi connectivity index (χ4n) is 5.37. The van der Waals surface area contributed by atoms with E-state index in [1.165, 1.54) is 23.2 Å². The fourth-order valence-corrected chi connectivity index (χ4v) is 5.57. The zero-order valence-corrected chi connectivity index (χ0v) is 23.1. The molecule has 2 atom stereocenters. The molecule has 1 saturated carbocycles. The number of nitrogens with zero attached hydrogens (tertiary/aromatic N) is 3. The third-order valence-electron chi connectivity index (χ3n) is 7.17. The Morgan fingerprint density at radius 2 is 1.70 bits per heavy atom. The normalized spacial score (nSPS) is 19.2. The van der Waals surface area contributed by atoms with Crippen LogP contribution in [0.5, 0.6) is 11.5 Å². The minimum Gasteiger partial charge on any atom is -0.494 e. The number of carbonyl (C=O) groups excluding carboxylic acids is 1. The Morgan fingerprint density at radius 3 is 2.33 bits per heavy atom. The number of hydrazone groups is 1. The van der Waals surface area contributed by atoms with Gasteiger partial charge < -0.3 is 9.47 Å². The number of carbonyl (C=O) groups is 1. The van der Waals surface area contributed by atoms with Crippen LogP contribution in [0.25, 0.3) is 6.08 Å². The molecule has 2 unspecified atom stereocenters. The predicted molar refractivity (Wildman–Crippen MR) is 155 cm³/mol. The zero-order chi connectivity index (χ0) is 28.2. The molecule has 0 N–H and O–H groups in total. The molecule has 0 saturated heterocycles. The van der Waals surface area contributed by atoms with Gasteiger partial charge in [-0.05, 0) is 86.2 Å². The summed E-state index contributed by atoms with van der Waals surface area (Å²) in [6.07, 6.45) is 4.74. The van der Waals surface area contributed by atoms with Crippen molar-refractivity contribution in [3.05, 3.63) is 104 Å². The highest BCUT2D eigenvalue weighted by atomic mass is 35.5. The Morgan fingerprint density at radius 1 is 1.05 bits per heavy atom. The monoisotopic (exact) mass is 559 g/mol. The molecule has 0 bridgehead atoms. The number of rotatable bonds is 8. The fraction of sp³-hybridized carbons (Fsp3) is 0.290. The number of benzene rings is 3. The Balaban J connectivity index is 1.56. The number of hydrogen-bond acceptors (Lipinski definition) is 6. The first-order valence-electron chi connectivity index (χ1n) is 13.4. The van der Waals surface area contributed by atoms with Gasteiger partial charge in [-0.2, -0.15) is 5.10 Å². The van der Waals surface area contributed by atoms with Crippen LogP contribution in [-0.2, 0) is 0 Å². The van der Waals surface area contributed by atoms with E-state index in [1.54, 1.807) is 0 Å². The van der Waals surface area contributed by atoms with Crippen LogP contribution in [0.4, 0.5) is 5.69 Å². The molecule has 1 amide bonds. The van der Waals surface area contributed by atoms with E-state index in [0.29, 0.717) is 13.2 Å². The molecule has 1 fully saturated rings. The van der Waals surface area contributed by atoms with Gasteiger partial charge in [0.15, 0.2) is 0 Å². The molecule has 0 radical (unpaired) electrons. The number of fused-ring (bicyclic) bond motifs is 1. The van der Waals surface area contributed by atoms with Crippen molar-refractivity contribution in [2.45, 2.75) is 39.2 Å².